The molecule has 1 aromatic rings. The highest BCUT2D eigenvalue weighted by atomic mass is 15.1. The molecule has 1 heterocycles. The molecule has 0 fully saturated rings. The third kappa shape index (κ3) is 5.16. The Morgan fingerprint density at radius 2 is 1.61 bits per heavy atom. The maximum absolute atomic E-state index is 4.06. The maximum atomic E-state index is 4.06. The van der Waals surface area contributed by atoms with E-state index in [0.29, 0.717) is 5.92 Å². The molecule has 0 saturated carbocycles. The first-order valence-electron chi connectivity index (χ1n) is 7.56. The van der Waals surface area contributed by atoms with E-state index in [2.05, 4.69) is 31.0 Å². The van der Waals surface area contributed by atoms with Gasteiger partial charge in [-0.25, -0.2) is 0 Å². The molecule has 1 rings (SSSR count). The van der Waals surface area contributed by atoms with Crippen molar-refractivity contribution in [2.75, 3.05) is 0 Å². The fourth-order valence-corrected chi connectivity index (χ4v) is 2.62. The van der Waals surface area contributed by atoms with Crippen molar-refractivity contribution in [2.45, 2.75) is 78.1 Å². The van der Waals surface area contributed by atoms with Crippen molar-refractivity contribution in [2.24, 2.45) is 0 Å². The van der Waals surface area contributed by atoms with Crippen LogP contribution < -0.4 is 0 Å². The summed E-state index contributed by atoms with van der Waals surface area (Å²) in [5, 5.41) is 8.01. The van der Waals surface area contributed by atoms with Crippen molar-refractivity contribution in [3.8, 4) is 0 Å². The summed E-state index contributed by atoms with van der Waals surface area (Å²) in [5.74, 6) is 0.687. The number of unbranched alkanes of at least 4 members (excludes halogenated alkanes) is 4. The molecular formula is C16H28N2. The lowest BCUT2D eigenvalue weighted by Crippen LogP contribution is -2.03. The molecule has 0 aliphatic carbocycles. The Morgan fingerprint density at radius 3 is 2.28 bits per heavy atom. The standard InChI is InChI=1S/C16H28N2/c1-4-6-7-8-9-11-15(10-5-2)16-13-18-17-12-14(16)3/h12-13,15H,4-11H2,1-3H3. The van der Waals surface area contributed by atoms with E-state index in [1.54, 1.807) is 0 Å². The zero-order valence-electron chi connectivity index (χ0n) is 12.3. The molecule has 102 valence electrons. The van der Waals surface area contributed by atoms with Crippen LogP contribution in [0.3, 0.4) is 0 Å². The van der Waals surface area contributed by atoms with E-state index in [-0.39, 0.29) is 0 Å². The van der Waals surface area contributed by atoms with Gasteiger partial charge in [-0.3, -0.25) is 0 Å². The molecule has 1 atom stereocenters. The average Bonchev–Trinajstić information content (AvgIpc) is 2.38. The van der Waals surface area contributed by atoms with Crippen LogP contribution in [0.15, 0.2) is 12.4 Å². The van der Waals surface area contributed by atoms with Gasteiger partial charge in [-0.05, 0) is 36.8 Å². The topological polar surface area (TPSA) is 25.8 Å². The van der Waals surface area contributed by atoms with E-state index < -0.39 is 0 Å². The molecule has 1 aromatic heterocycles. The summed E-state index contributed by atoms with van der Waals surface area (Å²) in [6.45, 7) is 6.70. The molecule has 1 unspecified atom stereocenters. The molecule has 0 aliphatic heterocycles. The Labute approximate surface area is 112 Å². The molecule has 18 heavy (non-hydrogen) atoms. The second-order valence-electron chi connectivity index (χ2n) is 5.32. The third-order valence-electron chi connectivity index (χ3n) is 3.70. The normalized spacial score (nSPS) is 12.6. The van der Waals surface area contributed by atoms with E-state index in [1.165, 1.54) is 62.5 Å². The van der Waals surface area contributed by atoms with Crippen LogP contribution in [0.25, 0.3) is 0 Å². The highest BCUT2D eigenvalue weighted by molar-refractivity contribution is 5.23. The van der Waals surface area contributed by atoms with Gasteiger partial charge >= 0.3 is 0 Å². The third-order valence-corrected chi connectivity index (χ3v) is 3.70. The molecule has 0 saturated heterocycles. The number of aromatic nitrogens is 2. The van der Waals surface area contributed by atoms with Gasteiger partial charge in [0.05, 0.1) is 12.4 Å². The quantitative estimate of drug-likeness (QED) is 0.573. The van der Waals surface area contributed by atoms with E-state index in [4.69, 9.17) is 0 Å². The van der Waals surface area contributed by atoms with Gasteiger partial charge in [0.2, 0.25) is 0 Å². The zero-order chi connectivity index (χ0) is 13.2. The Balaban J connectivity index is 2.47. The monoisotopic (exact) mass is 248 g/mol. The largest absolute Gasteiger partial charge is 0.159 e. The van der Waals surface area contributed by atoms with Gasteiger partial charge in [0.15, 0.2) is 0 Å². The van der Waals surface area contributed by atoms with Crippen LogP contribution in [0.1, 0.15) is 82.3 Å². The predicted octanol–water partition coefficient (Wildman–Crippen LogP) is 5.03. The number of hydrogen-bond donors (Lipinski definition) is 0. The number of aryl methyl sites for hydroxylation is 1. The van der Waals surface area contributed by atoms with Crippen molar-refractivity contribution in [1.82, 2.24) is 10.2 Å². The molecule has 2 heteroatoms. The molecule has 0 aliphatic rings. The van der Waals surface area contributed by atoms with E-state index in [0.717, 1.165) is 0 Å². The van der Waals surface area contributed by atoms with Crippen LogP contribution >= 0.6 is 0 Å². The zero-order valence-corrected chi connectivity index (χ0v) is 12.3. The molecular weight excluding hydrogens is 220 g/mol. The summed E-state index contributed by atoms with van der Waals surface area (Å²) in [4.78, 5) is 0. The molecule has 0 N–H and O–H groups in total. The fourth-order valence-electron chi connectivity index (χ4n) is 2.62. The molecule has 0 bridgehead atoms. The number of hydrogen-bond acceptors (Lipinski definition) is 2. The second kappa shape index (κ2) is 9.07. The van der Waals surface area contributed by atoms with Crippen molar-refractivity contribution in [3.05, 3.63) is 23.5 Å². The Hall–Kier alpha value is -0.920. The lowest BCUT2D eigenvalue weighted by Gasteiger charge is -2.17. The van der Waals surface area contributed by atoms with Crippen molar-refractivity contribution < 1.29 is 0 Å². The SMILES string of the molecule is CCCCCCCC(CCC)c1cnncc1C. The molecule has 0 spiro atoms. The first-order chi connectivity index (χ1) is 8.79. The lowest BCUT2D eigenvalue weighted by molar-refractivity contribution is 0.512. The van der Waals surface area contributed by atoms with Crippen LogP contribution in [0, 0.1) is 6.92 Å². The summed E-state index contributed by atoms with van der Waals surface area (Å²) < 4.78 is 0. The summed E-state index contributed by atoms with van der Waals surface area (Å²) in [7, 11) is 0. The second-order valence-corrected chi connectivity index (χ2v) is 5.32. The summed E-state index contributed by atoms with van der Waals surface area (Å²) in [6, 6.07) is 0. The van der Waals surface area contributed by atoms with Crippen LogP contribution in [-0.2, 0) is 0 Å². The van der Waals surface area contributed by atoms with Gasteiger partial charge < -0.3 is 0 Å². The van der Waals surface area contributed by atoms with Gasteiger partial charge in [-0.2, -0.15) is 10.2 Å². The van der Waals surface area contributed by atoms with Gasteiger partial charge in [0.1, 0.15) is 0 Å². The first kappa shape index (κ1) is 15.1. The smallest absolute Gasteiger partial charge is 0.0533 e. The van der Waals surface area contributed by atoms with Gasteiger partial charge in [0.25, 0.3) is 0 Å². The van der Waals surface area contributed by atoms with Gasteiger partial charge in [-0.15, -0.1) is 0 Å². The van der Waals surface area contributed by atoms with E-state index >= 15 is 0 Å². The number of rotatable bonds is 9. The minimum atomic E-state index is 0.687. The average molecular weight is 248 g/mol. The summed E-state index contributed by atoms with van der Waals surface area (Å²) in [6.07, 6.45) is 14.5. The van der Waals surface area contributed by atoms with Crippen molar-refractivity contribution in [1.29, 1.82) is 0 Å². The predicted molar refractivity (Wildman–Crippen MR) is 77.8 cm³/mol. The van der Waals surface area contributed by atoms with Gasteiger partial charge in [-0.1, -0.05) is 52.4 Å². The van der Waals surface area contributed by atoms with Crippen LogP contribution in [-0.4, -0.2) is 10.2 Å². The Morgan fingerprint density at radius 1 is 0.889 bits per heavy atom. The van der Waals surface area contributed by atoms with Crippen LogP contribution in [0.4, 0.5) is 0 Å². The summed E-state index contributed by atoms with van der Waals surface area (Å²) >= 11 is 0. The Kier molecular flexibility index (Phi) is 7.63. The van der Waals surface area contributed by atoms with E-state index in [1.807, 2.05) is 12.4 Å². The molecule has 0 aromatic carbocycles. The summed E-state index contributed by atoms with van der Waals surface area (Å²) in [5.41, 5.74) is 2.72. The molecule has 0 amide bonds. The highest BCUT2D eigenvalue weighted by Crippen LogP contribution is 2.28. The lowest BCUT2D eigenvalue weighted by atomic mass is 9.88. The highest BCUT2D eigenvalue weighted by Gasteiger charge is 2.13. The first-order valence-corrected chi connectivity index (χ1v) is 7.56. The van der Waals surface area contributed by atoms with Crippen molar-refractivity contribution in [3.63, 3.8) is 0 Å². The molecule has 0 radical (unpaired) electrons. The van der Waals surface area contributed by atoms with Crippen LogP contribution in [0.5, 0.6) is 0 Å². The van der Waals surface area contributed by atoms with Gasteiger partial charge in [0, 0.05) is 0 Å². The Bertz CT molecular complexity index is 323. The minimum absolute atomic E-state index is 0.687. The van der Waals surface area contributed by atoms with E-state index in [9.17, 15) is 0 Å². The maximum Gasteiger partial charge on any atom is 0.0533 e. The minimum Gasteiger partial charge on any atom is -0.159 e. The molecule has 2 nitrogen and oxygen atoms in total. The van der Waals surface area contributed by atoms with Crippen LogP contribution in [0.2, 0.25) is 0 Å². The van der Waals surface area contributed by atoms with Crippen molar-refractivity contribution >= 4 is 0 Å². The number of nitrogens with zero attached hydrogens (tertiary/aromatic N) is 2. The fraction of sp³-hybridized carbons (Fsp3) is 0.750.